The molecule has 2 N–H and O–H groups in total. The van der Waals surface area contributed by atoms with Crippen molar-refractivity contribution < 1.29 is 14.7 Å². The first-order chi connectivity index (χ1) is 8.47. The first-order valence-electron chi connectivity index (χ1n) is 6.17. The van der Waals surface area contributed by atoms with Gasteiger partial charge in [-0.1, -0.05) is 6.92 Å². The molecule has 0 spiro atoms. The number of amides is 2. The van der Waals surface area contributed by atoms with Crippen LogP contribution in [0.4, 0.5) is 4.79 Å². The van der Waals surface area contributed by atoms with Crippen LogP contribution >= 0.6 is 11.8 Å². The van der Waals surface area contributed by atoms with Gasteiger partial charge < -0.3 is 15.3 Å². The van der Waals surface area contributed by atoms with Gasteiger partial charge in [0.05, 0.1) is 0 Å². The van der Waals surface area contributed by atoms with Crippen molar-refractivity contribution >= 4 is 23.8 Å². The summed E-state index contributed by atoms with van der Waals surface area (Å²) in [6, 6.07) is -0.0607. The Hall–Kier alpha value is -0.910. The maximum atomic E-state index is 11.6. The van der Waals surface area contributed by atoms with Gasteiger partial charge in [0.15, 0.2) is 0 Å². The minimum atomic E-state index is -0.761. The highest BCUT2D eigenvalue weighted by atomic mass is 32.2. The molecule has 0 radical (unpaired) electrons. The molecule has 0 saturated heterocycles. The number of nitrogens with one attached hydrogen (secondary N) is 1. The molecule has 0 fully saturated rings. The molecule has 0 aromatic rings. The quantitative estimate of drug-likeness (QED) is 0.674. The highest BCUT2D eigenvalue weighted by Gasteiger charge is 2.09. The number of aliphatic carboxylic acids is 1. The average Bonchev–Trinajstić information content (AvgIpc) is 2.33. The Morgan fingerprint density at radius 2 is 2.06 bits per heavy atom. The predicted octanol–water partition coefficient (Wildman–Crippen LogP) is 1.88. The molecular weight excluding hydrogens is 252 g/mol. The third kappa shape index (κ3) is 9.15. The number of carbonyl (C=O) groups is 2. The Balaban J connectivity index is 3.63. The minimum Gasteiger partial charge on any atom is -0.481 e. The van der Waals surface area contributed by atoms with E-state index in [1.807, 2.05) is 13.2 Å². The molecule has 2 amide bonds. The number of hydrogen-bond acceptors (Lipinski definition) is 3. The number of urea groups is 1. The molecule has 1 atom stereocenters. The van der Waals surface area contributed by atoms with Crippen molar-refractivity contribution in [3.63, 3.8) is 0 Å². The summed E-state index contributed by atoms with van der Waals surface area (Å²) in [6.45, 7) is 3.34. The molecule has 1 unspecified atom stereocenters. The van der Waals surface area contributed by atoms with E-state index in [9.17, 15) is 9.59 Å². The van der Waals surface area contributed by atoms with E-state index in [0.717, 1.165) is 18.7 Å². The molecule has 0 aliphatic rings. The monoisotopic (exact) mass is 276 g/mol. The number of carbonyl (C=O) groups excluding carboxylic acids is 1. The van der Waals surface area contributed by atoms with Gasteiger partial charge in [-0.3, -0.25) is 4.79 Å². The van der Waals surface area contributed by atoms with E-state index in [-0.39, 0.29) is 12.5 Å². The van der Waals surface area contributed by atoms with Crippen LogP contribution in [-0.2, 0) is 4.79 Å². The van der Waals surface area contributed by atoms with E-state index in [0.29, 0.717) is 18.9 Å². The first-order valence-corrected chi connectivity index (χ1v) is 7.56. The number of thioether (sulfide) groups is 1. The number of carboxylic acid groups (broad SMARTS) is 1. The Morgan fingerprint density at radius 1 is 1.39 bits per heavy atom. The second-order valence-corrected chi connectivity index (χ2v) is 5.46. The second kappa shape index (κ2) is 10.1. The lowest BCUT2D eigenvalue weighted by Gasteiger charge is -2.18. The zero-order chi connectivity index (χ0) is 14.0. The largest absolute Gasteiger partial charge is 0.481 e. The van der Waals surface area contributed by atoms with E-state index < -0.39 is 5.97 Å². The summed E-state index contributed by atoms with van der Waals surface area (Å²) >= 11 is 1.71. The second-order valence-electron chi connectivity index (χ2n) is 4.47. The molecule has 0 aromatic heterocycles. The summed E-state index contributed by atoms with van der Waals surface area (Å²) in [5, 5.41) is 11.4. The van der Waals surface area contributed by atoms with Gasteiger partial charge in [0.25, 0.3) is 0 Å². The van der Waals surface area contributed by atoms with Crippen molar-refractivity contribution in [1.82, 2.24) is 10.2 Å². The van der Waals surface area contributed by atoms with Crippen LogP contribution in [-0.4, -0.2) is 54.2 Å². The molecule has 0 bridgehead atoms. The van der Waals surface area contributed by atoms with E-state index >= 15 is 0 Å². The highest BCUT2D eigenvalue weighted by Crippen LogP contribution is 2.09. The van der Waals surface area contributed by atoms with Gasteiger partial charge in [-0.25, -0.2) is 4.79 Å². The van der Waals surface area contributed by atoms with Crippen LogP contribution in [0.3, 0.4) is 0 Å². The SMILES string of the molecule is CSCCN(C)C(=O)NCCC(C)CCC(=O)O. The average molecular weight is 276 g/mol. The summed E-state index contributed by atoms with van der Waals surface area (Å²) in [7, 11) is 1.78. The van der Waals surface area contributed by atoms with Crippen LogP contribution in [0.2, 0.25) is 0 Å². The molecular formula is C12H24N2O3S. The van der Waals surface area contributed by atoms with E-state index in [1.165, 1.54) is 0 Å². The third-order valence-corrected chi connectivity index (χ3v) is 3.33. The first kappa shape index (κ1) is 17.1. The molecule has 0 heterocycles. The number of rotatable bonds is 9. The molecule has 0 saturated carbocycles. The van der Waals surface area contributed by atoms with Crippen LogP contribution in [0.15, 0.2) is 0 Å². The van der Waals surface area contributed by atoms with E-state index in [4.69, 9.17) is 5.11 Å². The van der Waals surface area contributed by atoms with Crippen molar-refractivity contribution in [3.05, 3.63) is 0 Å². The molecule has 6 heteroatoms. The lowest BCUT2D eigenvalue weighted by molar-refractivity contribution is -0.137. The van der Waals surface area contributed by atoms with Crippen molar-refractivity contribution in [2.45, 2.75) is 26.2 Å². The van der Waals surface area contributed by atoms with Crippen LogP contribution in [0.5, 0.6) is 0 Å². The number of carboxylic acids is 1. The fourth-order valence-corrected chi connectivity index (χ4v) is 1.86. The Labute approximate surface area is 113 Å². The van der Waals surface area contributed by atoms with Crippen molar-refractivity contribution in [2.75, 3.05) is 32.1 Å². The molecule has 0 aliphatic carbocycles. The van der Waals surface area contributed by atoms with Gasteiger partial charge in [-0.05, 0) is 25.0 Å². The highest BCUT2D eigenvalue weighted by molar-refractivity contribution is 7.98. The standard InChI is InChI=1S/C12H24N2O3S/c1-10(4-5-11(15)16)6-7-13-12(17)14(2)8-9-18-3/h10H,4-9H2,1-3H3,(H,13,17)(H,15,16). The number of hydrogen-bond donors (Lipinski definition) is 2. The van der Waals surface area contributed by atoms with E-state index in [1.54, 1.807) is 23.7 Å². The van der Waals surface area contributed by atoms with Crippen molar-refractivity contribution in [2.24, 2.45) is 5.92 Å². The van der Waals surface area contributed by atoms with E-state index in [2.05, 4.69) is 5.32 Å². The predicted molar refractivity (Wildman–Crippen MR) is 75.1 cm³/mol. The van der Waals surface area contributed by atoms with Crippen molar-refractivity contribution in [3.8, 4) is 0 Å². The van der Waals surface area contributed by atoms with Gasteiger partial charge in [-0.15, -0.1) is 0 Å². The van der Waals surface area contributed by atoms with Gasteiger partial charge in [0.1, 0.15) is 0 Å². The molecule has 0 aromatic carbocycles. The Kier molecular flexibility index (Phi) is 9.55. The smallest absolute Gasteiger partial charge is 0.317 e. The molecule has 0 rings (SSSR count). The minimum absolute atomic E-state index is 0.0607. The van der Waals surface area contributed by atoms with Gasteiger partial charge in [0, 0.05) is 32.3 Å². The zero-order valence-corrected chi connectivity index (χ0v) is 12.3. The van der Waals surface area contributed by atoms with Gasteiger partial charge in [0.2, 0.25) is 0 Å². The lowest BCUT2D eigenvalue weighted by Crippen LogP contribution is -2.39. The normalized spacial score (nSPS) is 11.9. The summed E-state index contributed by atoms with van der Waals surface area (Å²) in [5.74, 6) is 0.486. The van der Waals surface area contributed by atoms with Crippen LogP contribution in [0, 0.1) is 5.92 Å². The van der Waals surface area contributed by atoms with Gasteiger partial charge >= 0.3 is 12.0 Å². The maximum absolute atomic E-state index is 11.6. The number of nitrogens with zero attached hydrogens (tertiary/aromatic N) is 1. The van der Waals surface area contributed by atoms with Crippen LogP contribution < -0.4 is 5.32 Å². The maximum Gasteiger partial charge on any atom is 0.317 e. The molecule has 0 aliphatic heterocycles. The molecule has 106 valence electrons. The zero-order valence-electron chi connectivity index (χ0n) is 11.4. The fraction of sp³-hybridized carbons (Fsp3) is 0.833. The third-order valence-electron chi connectivity index (χ3n) is 2.74. The van der Waals surface area contributed by atoms with Crippen molar-refractivity contribution in [1.29, 1.82) is 0 Å². The van der Waals surface area contributed by atoms with Crippen LogP contribution in [0.25, 0.3) is 0 Å². The Morgan fingerprint density at radius 3 is 2.61 bits per heavy atom. The fourth-order valence-electron chi connectivity index (χ4n) is 1.40. The summed E-state index contributed by atoms with van der Waals surface area (Å²) in [5.41, 5.74) is 0. The molecule has 5 nitrogen and oxygen atoms in total. The lowest BCUT2D eigenvalue weighted by atomic mass is 10.0. The topological polar surface area (TPSA) is 69.6 Å². The summed E-state index contributed by atoms with van der Waals surface area (Å²) < 4.78 is 0. The van der Waals surface area contributed by atoms with Gasteiger partial charge in [-0.2, -0.15) is 11.8 Å². The van der Waals surface area contributed by atoms with Crippen LogP contribution in [0.1, 0.15) is 26.2 Å². The summed E-state index contributed by atoms with van der Waals surface area (Å²) in [6.07, 6.45) is 3.68. The molecule has 18 heavy (non-hydrogen) atoms. The Bertz CT molecular complexity index is 262. The summed E-state index contributed by atoms with van der Waals surface area (Å²) in [4.78, 5) is 23.7.